The predicted molar refractivity (Wildman–Crippen MR) is 88.5 cm³/mol. The fraction of sp³-hybridized carbons (Fsp3) is 0.471. The number of pyridine rings is 1. The average Bonchev–Trinajstić information content (AvgIpc) is 2.91. The fourth-order valence-electron chi connectivity index (χ4n) is 3.55. The van der Waals surface area contributed by atoms with Crippen LogP contribution in [0.1, 0.15) is 6.42 Å². The highest BCUT2D eigenvalue weighted by molar-refractivity contribution is 5.41. The Kier molecular flexibility index (Phi) is 4.02. The van der Waals surface area contributed by atoms with Crippen LogP contribution in [0.4, 0.5) is 16.2 Å². The number of hydrogen-bond acceptors (Lipinski definition) is 6. The van der Waals surface area contributed by atoms with Gasteiger partial charge in [0.2, 0.25) is 5.95 Å². The third-order valence-corrected chi connectivity index (χ3v) is 4.74. The molecule has 2 aromatic rings. The lowest BCUT2D eigenvalue weighted by atomic mass is 9.87. The van der Waals surface area contributed by atoms with Crippen molar-refractivity contribution in [3.8, 4) is 0 Å². The van der Waals surface area contributed by atoms with Crippen LogP contribution in [0.2, 0.25) is 0 Å². The molecule has 2 aromatic heterocycles. The van der Waals surface area contributed by atoms with Crippen LogP contribution in [0.5, 0.6) is 0 Å². The van der Waals surface area contributed by atoms with E-state index in [2.05, 4.69) is 24.8 Å². The largest absolute Gasteiger partial charge is 0.379 e. The van der Waals surface area contributed by atoms with E-state index >= 15 is 0 Å². The van der Waals surface area contributed by atoms with E-state index in [0.29, 0.717) is 19.2 Å². The molecular formula is C17H20FN5O. The quantitative estimate of drug-likeness (QED) is 0.837. The molecule has 0 radical (unpaired) electrons. The number of aromatic nitrogens is 3. The molecule has 24 heavy (non-hydrogen) atoms. The van der Waals surface area contributed by atoms with Gasteiger partial charge in [-0.15, -0.1) is 0 Å². The van der Waals surface area contributed by atoms with Gasteiger partial charge in [-0.3, -0.25) is 0 Å². The molecular weight excluding hydrogens is 309 g/mol. The van der Waals surface area contributed by atoms with Crippen LogP contribution in [0.25, 0.3) is 0 Å². The maximum Gasteiger partial charge on any atom is 0.225 e. The molecule has 2 aliphatic heterocycles. The SMILES string of the molecule is Fc1cnc(N2CCOC[C@]3(CCN(c4ccccn4)C3)C2)nc1. The molecule has 4 heterocycles. The zero-order valence-electron chi connectivity index (χ0n) is 13.4. The smallest absolute Gasteiger partial charge is 0.225 e. The molecule has 1 atom stereocenters. The number of hydrogen-bond donors (Lipinski definition) is 0. The Hall–Kier alpha value is -2.28. The lowest BCUT2D eigenvalue weighted by Crippen LogP contribution is -2.41. The topological polar surface area (TPSA) is 54.4 Å². The summed E-state index contributed by atoms with van der Waals surface area (Å²) in [5.74, 6) is 1.16. The van der Waals surface area contributed by atoms with Crippen molar-refractivity contribution in [3.05, 3.63) is 42.6 Å². The van der Waals surface area contributed by atoms with Gasteiger partial charge in [0, 0.05) is 37.8 Å². The summed E-state index contributed by atoms with van der Waals surface area (Å²) in [6, 6.07) is 5.98. The van der Waals surface area contributed by atoms with Gasteiger partial charge in [0.05, 0.1) is 25.6 Å². The monoisotopic (exact) mass is 329 g/mol. The Bertz CT molecular complexity index is 683. The van der Waals surface area contributed by atoms with Gasteiger partial charge in [-0.25, -0.2) is 19.3 Å². The summed E-state index contributed by atoms with van der Waals surface area (Å²) in [5.41, 5.74) is 0.0196. The van der Waals surface area contributed by atoms with E-state index in [0.717, 1.165) is 38.4 Å². The number of halogens is 1. The Balaban J connectivity index is 1.53. The highest BCUT2D eigenvalue weighted by Crippen LogP contribution is 2.35. The summed E-state index contributed by atoms with van der Waals surface area (Å²) in [5, 5.41) is 0. The van der Waals surface area contributed by atoms with Gasteiger partial charge in [0.25, 0.3) is 0 Å². The summed E-state index contributed by atoms with van der Waals surface area (Å²) < 4.78 is 19.0. The molecule has 6 nitrogen and oxygen atoms in total. The molecule has 2 fully saturated rings. The van der Waals surface area contributed by atoms with Crippen LogP contribution in [0.15, 0.2) is 36.8 Å². The van der Waals surface area contributed by atoms with Crippen LogP contribution in [-0.4, -0.2) is 54.3 Å². The van der Waals surface area contributed by atoms with Gasteiger partial charge in [-0.1, -0.05) is 6.07 Å². The minimum atomic E-state index is -0.415. The van der Waals surface area contributed by atoms with Gasteiger partial charge in [0.15, 0.2) is 5.82 Å². The Morgan fingerprint density at radius 1 is 1.04 bits per heavy atom. The number of nitrogens with zero attached hydrogens (tertiary/aromatic N) is 5. The second kappa shape index (κ2) is 6.32. The Labute approximate surface area is 140 Å². The molecule has 0 N–H and O–H groups in total. The van der Waals surface area contributed by atoms with E-state index < -0.39 is 5.82 Å². The molecule has 0 bridgehead atoms. The van der Waals surface area contributed by atoms with Crippen LogP contribution in [-0.2, 0) is 4.74 Å². The summed E-state index contributed by atoms with van der Waals surface area (Å²) in [6.45, 7) is 4.72. The minimum Gasteiger partial charge on any atom is -0.379 e. The summed E-state index contributed by atoms with van der Waals surface area (Å²) in [4.78, 5) is 17.1. The molecule has 2 aliphatic rings. The van der Waals surface area contributed by atoms with E-state index in [9.17, 15) is 4.39 Å². The van der Waals surface area contributed by atoms with E-state index in [4.69, 9.17) is 4.74 Å². The third-order valence-electron chi connectivity index (χ3n) is 4.74. The van der Waals surface area contributed by atoms with E-state index in [-0.39, 0.29) is 5.41 Å². The van der Waals surface area contributed by atoms with Crippen LogP contribution in [0.3, 0.4) is 0 Å². The van der Waals surface area contributed by atoms with Crippen LogP contribution in [0, 0.1) is 11.2 Å². The zero-order chi connectivity index (χ0) is 16.4. The first kappa shape index (κ1) is 15.3. The molecule has 0 aromatic carbocycles. The lowest BCUT2D eigenvalue weighted by molar-refractivity contribution is 0.0812. The molecule has 1 spiro atoms. The molecule has 0 aliphatic carbocycles. The van der Waals surface area contributed by atoms with Crippen molar-refractivity contribution < 1.29 is 9.13 Å². The van der Waals surface area contributed by atoms with Crippen LogP contribution >= 0.6 is 0 Å². The summed E-state index contributed by atoms with van der Waals surface area (Å²) in [6.07, 6.45) is 5.29. The summed E-state index contributed by atoms with van der Waals surface area (Å²) >= 11 is 0. The maximum absolute atomic E-state index is 13.1. The minimum absolute atomic E-state index is 0.0196. The lowest BCUT2D eigenvalue weighted by Gasteiger charge is -2.31. The zero-order valence-corrected chi connectivity index (χ0v) is 13.4. The highest BCUT2D eigenvalue weighted by atomic mass is 19.1. The van der Waals surface area contributed by atoms with Crippen molar-refractivity contribution in [1.82, 2.24) is 15.0 Å². The van der Waals surface area contributed by atoms with Gasteiger partial charge in [-0.05, 0) is 18.6 Å². The highest BCUT2D eigenvalue weighted by Gasteiger charge is 2.42. The molecule has 4 rings (SSSR count). The standard InChI is InChI=1S/C17H20FN5O/c18-14-9-20-16(21-10-14)23-7-8-24-13-17(12-23)4-6-22(11-17)15-3-1-2-5-19-15/h1-3,5,9-10H,4,6-8,11-13H2/t17-/m0/s1. The van der Waals surface area contributed by atoms with Crippen molar-refractivity contribution >= 4 is 11.8 Å². The molecule has 0 saturated carbocycles. The maximum atomic E-state index is 13.1. The van der Waals surface area contributed by atoms with E-state index in [1.807, 2.05) is 24.4 Å². The second-order valence-corrected chi connectivity index (χ2v) is 6.53. The molecule has 7 heteroatoms. The molecule has 126 valence electrons. The first-order valence-electron chi connectivity index (χ1n) is 8.20. The van der Waals surface area contributed by atoms with Crippen molar-refractivity contribution in [1.29, 1.82) is 0 Å². The summed E-state index contributed by atoms with van der Waals surface area (Å²) in [7, 11) is 0. The van der Waals surface area contributed by atoms with Gasteiger partial charge < -0.3 is 14.5 Å². The normalized spacial score (nSPS) is 24.4. The second-order valence-electron chi connectivity index (χ2n) is 6.53. The van der Waals surface area contributed by atoms with Crippen molar-refractivity contribution in [2.24, 2.45) is 5.41 Å². The van der Waals surface area contributed by atoms with Crippen LogP contribution < -0.4 is 9.80 Å². The molecule has 0 amide bonds. The van der Waals surface area contributed by atoms with Crippen molar-refractivity contribution in [3.63, 3.8) is 0 Å². The number of rotatable bonds is 2. The van der Waals surface area contributed by atoms with Gasteiger partial charge in [0.1, 0.15) is 5.82 Å². The van der Waals surface area contributed by atoms with Gasteiger partial charge >= 0.3 is 0 Å². The molecule has 2 saturated heterocycles. The predicted octanol–water partition coefficient (Wildman–Crippen LogP) is 1.74. The van der Waals surface area contributed by atoms with Crippen molar-refractivity contribution in [2.75, 3.05) is 49.2 Å². The Morgan fingerprint density at radius 2 is 1.88 bits per heavy atom. The van der Waals surface area contributed by atoms with E-state index in [1.54, 1.807) is 0 Å². The molecule has 0 unspecified atom stereocenters. The van der Waals surface area contributed by atoms with Gasteiger partial charge in [-0.2, -0.15) is 0 Å². The Morgan fingerprint density at radius 3 is 2.67 bits per heavy atom. The number of ether oxygens (including phenoxy) is 1. The first-order chi connectivity index (χ1) is 11.7. The average molecular weight is 329 g/mol. The third kappa shape index (κ3) is 3.03. The van der Waals surface area contributed by atoms with Crippen molar-refractivity contribution in [2.45, 2.75) is 6.42 Å². The fourth-order valence-corrected chi connectivity index (χ4v) is 3.55. The van der Waals surface area contributed by atoms with E-state index in [1.165, 1.54) is 12.4 Å². The first-order valence-corrected chi connectivity index (χ1v) is 8.20. The number of anilines is 2.